The monoisotopic (exact) mass is 371 g/mol. The summed E-state index contributed by atoms with van der Waals surface area (Å²) in [6.45, 7) is 2.02. The number of hydrogen-bond donors (Lipinski definition) is 1. The van der Waals surface area contributed by atoms with Crippen LogP contribution < -0.4 is 10.2 Å². The van der Waals surface area contributed by atoms with Crippen LogP contribution in [0.2, 0.25) is 0 Å². The van der Waals surface area contributed by atoms with Gasteiger partial charge in [-0.05, 0) is 30.2 Å². The van der Waals surface area contributed by atoms with Crippen molar-refractivity contribution >= 4 is 0 Å². The predicted octanol–water partition coefficient (Wildman–Crippen LogP) is 3.75. The van der Waals surface area contributed by atoms with Crippen molar-refractivity contribution in [1.29, 1.82) is 0 Å². The Labute approximate surface area is 155 Å². The van der Waals surface area contributed by atoms with Crippen LogP contribution in [0.3, 0.4) is 0 Å². The van der Waals surface area contributed by atoms with Gasteiger partial charge in [-0.1, -0.05) is 36.4 Å². The number of nitrogens with zero attached hydrogens (tertiary/aromatic N) is 1. The van der Waals surface area contributed by atoms with Gasteiger partial charge >= 0.3 is 0 Å². The summed E-state index contributed by atoms with van der Waals surface area (Å²) in [4.78, 5) is 12.2. The number of rotatable bonds is 6. The second kappa shape index (κ2) is 8.14. The number of aliphatic hydroxyl groups is 1. The molecule has 1 heterocycles. The van der Waals surface area contributed by atoms with E-state index in [0.29, 0.717) is 5.69 Å². The van der Waals surface area contributed by atoms with Crippen molar-refractivity contribution in [2.45, 2.75) is 26.2 Å². The molecule has 3 rings (SSSR count). The maximum absolute atomic E-state index is 13.4. The maximum Gasteiger partial charge on any atom is 0.223 e. The highest BCUT2D eigenvalue weighted by atomic mass is 19.2. The van der Waals surface area contributed by atoms with Gasteiger partial charge < -0.3 is 14.4 Å². The Morgan fingerprint density at radius 3 is 2.52 bits per heavy atom. The lowest BCUT2D eigenvalue weighted by Crippen LogP contribution is -2.17. The average molecular weight is 371 g/mol. The van der Waals surface area contributed by atoms with E-state index in [1.54, 1.807) is 11.5 Å². The van der Waals surface area contributed by atoms with Gasteiger partial charge in [0.25, 0.3) is 0 Å². The number of hydrogen-bond acceptors (Lipinski definition) is 3. The van der Waals surface area contributed by atoms with Crippen molar-refractivity contribution in [3.8, 4) is 5.75 Å². The van der Waals surface area contributed by atoms with Crippen LogP contribution in [0.1, 0.15) is 22.9 Å². The second-order valence-electron chi connectivity index (χ2n) is 6.21. The third-order valence-corrected chi connectivity index (χ3v) is 4.31. The van der Waals surface area contributed by atoms with Crippen LogP contribution in [0.5, 0.6) is 5.75 Å². The zero-order chi connectivity index (χ0) is 19.4. The minimum absolute atomic E-state index is 0.0683. The number of aromatic nitrogens is 1. The molecule has 1 N–H and O–H groups in total. The molecule has 0 aliphatic carbocycles. The summed E-state index contributed by atoms with van der Waals surface area (Å²) < 4.78 is 33.8. The highest BCUT2D eigenvalue weighted by Crippen LogP contribution is 2.21. The first-order valence-corrected chi connectivity index (χ1v) is 8.45. The molecule has 140 valence electrons. The molecule has 1 atom stereocenters. The molecule has 0 unspecified atom stereocenters. The van der Waals surface area contributed by atoms with Gasteiger partial charge in [-0.3, -0.25) is 4.79 Å². The molecule has 0 saturated carbocycles. The summed E-state index contributed by atoms with van der Waals surface area (Å²) in [5, 5.41) is 10.4. The van der Waals surface area contributed by atoms with E-state index in [1.807, 2.05) is 30.3 Å². The molecule has 27 heavy (non-hydrogen) atoms. The van der Waals surface area contributed by atoms with Crippen LogP contribution in [-0.2, 0) is 13.2 Å². The Bertz CT molecular complexity index is 986. The topological polar surface area (TPSA) is 51.5 Å². The van der Waals surface area contributed by atoms with E-state index in [4.69, 9.17) is 4.74 Å². The van der Waals surface area contributed by atoms with Gasteiger partial charge in [0.2, 0.25) is 5.43 Å². The molecule has 0 aliphatic heterocycles. The minimum atomic E-state index is -1.07. The van der Waals surface area contributed by atoms with Gasteiger partial charge in [-0.25, -0.2) is 8.78 Å². The summed E-state index contributed by atoms with van der Waals surface area (Å²) >= 11 is 0. The molecule has 0 bridgehead atoms. The van der Waals surface area contributed by atoms with Gasteiger partial charge in [-0.2, -0.15) is 0 Å². The first-order valence-electron chi connectivity index (χ1n) is 8.45. The predicted molar refractivity (Wildman–Crippen MR) is 97.5 cm³/mol. The molecule has 0 saturated heterocycles. The van der Waals surface area contributed by atoms with Crippen molar-refractivity contribution < 1.29 is 18.6 Å². The summed E-state index contributed by atoms with van der Waals surface area (Å²) in [6.07, 6.45) is 0.471. The van der Waals surface area contributed by atoms with E-state index in [9.17, 15) is 18.7 Å². The molecule has 4 nitrogen and oxygen atoms in total. The highest BCUT2D eigenvalue weighted by Gasteiger charge is 2.15. The van der Waals surface area contributed by atoms with E-state index in [0.717, 1.165) is 17.7 Å². The summed E-state index contributed by atoms with van der Waals surface area (Å²) in [7, 11) is 0. The van der Waals surface area contributed by atoms with E-state index in [2.05, 4.69) is 0 Å². The third-order valence-electron chi connectivity index (χ3n) is 4.31. The quantitative estimate of drug-likeness (QED) is 0.718. The fraction of sp³-hybridized carbons (Fsp3) is 0.190. The normalized spacial score (nSPS) is 12.0. The molecular weight excluding hydrogens is 352 g/mol. The molecule has 6 heteroatoms. The second-order valence-corrected chi connectivity index (χ2v) is 6.21. The van der Waals surface area contributed by atoms with Crippen molar-refractivity contribution in [1.82, 2.24) is 4.57 Å². The van der Waals surface area contributed by atoms with Crippen LogP contribution in [0, 0.1) is 18.6 Å². The van der Waals surface area contributed by atoms with E-state index in [1.165, 1.54) is 18.3 Å². The molecule has 0 radical (unpaired) electrons. The lowest BCUT2D eigenvalue weighted by atomic mass is 10.1. The van der Waals surface area contributed by atoms with E-state index in [-0.39, 0.29) is 29.9 Å². The largest absolute Gasteiger partial charge is 0.483 e. The molecular formula is C21H19F2NO3. The fourth-order valence-electron chi connectivity index (χ4n) is 2.77. The Balaban J connectivity index is 1.79. The smallest absolute Gasteiger partial charge is 0.223 e. The average Bonchev–Trinajstić information content (AvgIpc) is 2.67. The fourth-order valence-corrected chi connectivity index (χ4v) is 2.77. The molecule has 0 aliphatic rings. The zero-order valence-electron chi connectivity index (χ0n) is 14.7. The first-order chi connectivity index (χ1) is 13.0. The minimum Gasteiger partial charge on any atom is -0.483 e. The number of benzene rings is 2. The standard InChI is InChI=1S/C21H19F2NO3/c1-14-21(27-13-15-5-3-2-4-6-15)19(25)9-10-24(14)12-20(26)16-7-8-17(22)18(23)11-16/h2-11,20,26H,12-13H2,1H3/t20-/m1/s1. The van der Waals surface area contributed by atoms with Crippen LogP contribution in [0.15, 0.2) is 65.6 Å². The molecule has 2 aromatic carbocycles. The molecule has 0 spiro atoms. The van der Waals surface area contributed by atoms with Crippen molar-refractivity contribution in [2.75, 3.05) is 0 Å². The number of halogens is 2. The van der Waals surface area contributed by atoms with Gasteiger partial charge in [0.05, 0.1) is 18.3 Å². The maximum atomic E-state index is 13.4. The van der Waals surface area contributed by atoms with Crippen molar-refractivity contribution in [2.24, 2.45) is 0 Å². The van der Waals surface area contributed by atoms with Crippen LogP contribution in [0.4, 0.5) is 8.78 Å². The van der Waals surface area contributed by atoms with E-state index < -0.39 is 17.7 Å². The summed E-state index contributed by atoms with van der Waals surface area (Å²) in [5.41, 5.74) is 1.45. The SMILES string of the molecule is Cc1c(OCc2ccccc2)c(=O)ccn1C[C@@H](O)c1ccc(F)c(F)c1. The zero-order valence-corrected chi connectivity index (χ0v) is 14.7. The Morgan fingerprint density at radius 2 is 1.81 bits per heavy atom. The lowest BCUT2D eigenvalue weighted by molar-refractivity contribution is 0.154. The van der Waals surface area contributed by atoms with Gasteiger partial charge in [0, 0.05) is 12.3 Å². The molecule has 0 fully saturated rings. The Morgan fingerprint density at radius 1 is 1.07 bits per heavy atom. The number of aliphatic hydroxyl groups excluding tert-OH is 1. The van der Waals surface area contributed by atoms with E-state index >= 15 is 0 Å². The van der Waals surface area contributed by atoms with Gasteiger partial charge in [-0.15, -0.1) is 0 Å². The van der Waals surface area contributed by atoms with Crippen molar-refractivity contribution in [3.63, 3.8) is 0 Å². The number of pyridine rings is 1. The molecule has 0 amide bonds. The molecule has 1 aromatic heterocycles. The summed E-state index contributed by atoms with van der Waals surface area (Å²) in [5.74, 6) is -1.80. The Hall–Kier alpha value is -2.99. The van der Waals surface area contributed by atoms with Crippen LogP contribution >= 0.6 is 0 Å². The number of ether oxygens (including phenoxy) is 1. The lowest BCUT2D eigenvalue weighted by Gasteiger charge is -2.18. The first kappa shape index (κ1) is 18.8. The third kappa shape index (κ3) is 4.41. The van der Waals surface area contributed by atoms with Crippen LogP contribution in [-0.4, -0.2) is 9.67 Å². The van der Waals surface area contributed by atoms with Crippen LogP contribution in [0.25, 0.3) is 0 Å². The summed E-state index contributed by atoms with van der Waals surface area (Å²) in [6, 6.07) is 14.1. The molecule has 3 aromatic rings. The highest BCUT2D eigenvalue weighted by molar-refractivity contribution is 5.28. The Kier molecular flexibility index (Phi) is 5.66. The van der Waals surface area contributed by atoms with Gasteiger partial charge in [0.15, 0.2) is 17.4 Å². The van der Waals surface area contributed by atoms with Crippen molar-refractivity contribution in [3.05, 3.63) is 99.5 Å². The van der Waals surface area contributed by atoms with Gasteiger partial charge in [0.1, 0.15) is 6.61 Å².